The molecule has 5 heteroatoms. The minimum absolute atomic E-state index is 0.424. The lowest BCUT2D eigenvalue weighted by Crippen LogP contribution is -2.24. The van der Waals surface area contributed by atoms with Gasteiger partial charge in [0.25, 0.3) is 5.91 Å². The number of nitrogens with one attached hydrogen (secondary N) is 1. The normalized spacial score (nSPS) is 15.5. The molecule has 1 fully saturated rings. The Bertz CT molecular complexity index is 708. The summed E-state index contributed by atoms with van der Waals surface area (Å²) in [5.41, 5.74) is 9.17. The van der Waals surface area contributed by atoms with Gasteiger partial charge in [0.05, 0.1) is 11.3 Å². The van der Waals surface area contributed by atoms with Crippen LogP contribution in [0, 0.1) is 0 Å². The molecule has 3 N–H and O–H groups in total. The lowest BCUT2D eigenvalue weighted by Gasteiger charge is -2.22. The summed E-state index contributed by atoms with van der Waals surface area (Å²) in [7, 11) is 0. The van der Waals surface area contributed by atoms with Crippen molar-refractivity contribution in [2.75, 3.05) is 18.4 Å². The summed E-state index contributed by atoms with van der Waals surface area (Å²) < 4.78 is 0. The van der Waals surface area contributed by atoms with Crippen LogP contribution in [0.2, 0.25) is 0 Å². The molecular formula is C20H26N4O. The van der Waals surface area contributed by atoms with Crippen molar-refractivity contribution in [2.45, 2.75) is 38.8 Å². The van der Waals surface area contributed by atoms with E-state index >= 15 is 0 Å². The molecule has 1 aliphatic heterocycles. The second-order valence-electron chi connectivity index (χ2n) is 6.60. The van der Waals surface area contributed by atoms with E-state index in [4.69, 9.17) is 5.73 Å². The van der Waals surface area contributed by atoms with E-state index in [0.717, 1.165) is 12.2 Å². The molecule has 0 unspecified atom stereocenters. The smallest absolute Gasteiger partial charge is 0.252 e. The number of nitrogens with zero attached hydrogens (tertiary/aromatic N) is 2. The topological polar surface area (TPSA) is 71.2 Å². The van der Waals surface area contributed by atoms with Gasteiger partial charge in [0.1, 0.15) is 0 Å². The van der Waals surface area contributed by atoms with E-state index in [-0.39, 0.29) is 0 Å². The number of pyridine rings is 1. The van der Waals surface area contributed by atoms with Gasteiger partial charge in [0.2, 0.25) is 0 Å². The minimum atomic E-state index is -0.464. The SMILES string of the molecule is NC(=O)c1cnccc1NCc1ccccc1CN1CCCCCC1. The van der Waals surface area contributed by atoms with Gasteiger partial charge in [-0.15, -0.1) is 0 Å². The third-order valence-corrected chi connectivity index (χ3v) is 4.77. The number of likely N-dealkylation sites (tertiary alicyclic amines) is 1. The monoisotopic (exact) mass is 338 g/mol. The number of rotatable bonds is 6. The molecule has 25 heavy (non-hydrogen) atoms. The highest BCUT2D eigenvalue weighted by atomic mass is 16.1. The molecule has 1 aromatic carbocycles. The van der Waals surface area contributed by atoms with E-state index < -0.39 is 5.91 Å². The van der Waals surface area contributed by atoms with Crippen molar-refractivity contribution in [2.24, 2.45) is 5.73 Å². The van der Waals surface area contributed by atoms with Gasteiger partial charge < -0.3 is 11.1 Å². The molecule has 5 nitrogen and oxygen atoms in total. The standard InChI is InChI=1S/C20H26N4O/c21-20(25)18-14-22-10-9-19(18)23-13-16-7-3-4-8-17(16)15-24-11-5-1-2-6-12-24/h3-4,7-10,14H,1-2,5-6,11-13,15H2,(H2,21,25)(H,22,23). The summed E-state index contributed by atoms with van der Waals surface area (Å²) in [4.78, 5) is 18.1. The predicted octanol–water partition coefficient (Wildman–Crippen LogP) is 3.17. The molecule has 2 heterocycles. The van der Waals surface area contributed by atoms with Crippen LogP contribution in [0.1, 0.15) is 47.2 Å². The number of hydrogen-bond donors (Lipinski definition) is 2. The maximum atomic E-state index is 11.5. The molecule has 0 atom stereocenters. The van der Waals surface area contributed by atoms with Crippen molar-refractivity contribution >= 4 is 11.6 Å². The molecule has 0 radical (unpaired) electrons. The van der Waals surface area contributed by atoms with E-state index in [1.54, 1.807) is 12.3 Å². The second-order valence-corrected chi connectivity index (χ2v) is 6.60. The molecule has 3 rings (SSSR count). The number of hydrogen-bond acceptors (Lipinski definition) is 4. The summed E-state index contributed by atoms with van der Waals surface area (Å²) >= 11 is 0. The largest absolute Gasteiger partial charge is 0.380 e. The minimum Gasteiger partial charge on any atom is -0.380 e. The van der Waals surface area contributed by atoms with Crippen LogP contribution in [-0.4, -0.2) is 28.9 Å². The molecular weight excluding hydrogens is 312 g/mol. The maximum absolute atomic E-state index is 11.5. The van der Waals surface area contributed by atoms with Gasteiger partial charge in [0.15, 0.2) is 0 Å². The van der Waals surface area contributed by atoms with Gasteiger partial charge in [-0.2, -0.15) is 0 Å². The first kappa shape index (κ1) is 17.4. The fourth-order valence-corrected chi connectivity index (χ4v) is 3.35. The van der Waals surface area contributed by atoms with Crippen molar-refractivity contribution in [3.8, 4) is 0 Å². The van der Waals surface area contributed by atoms with E-state index in [0.29, 0.717) is 12.1 Å². The number of carbonyl (C=O) groups excluding carboxylic acids is 1. The fraction of sp³-hybridized carbons (Fsp3) is 0.400. The van der Waals surface area contributed by atoms with E-state index in [2.05, 4.69) is 39.5 Å². The van der Waals surface area contributed by atoms with Gasteiger partial charge in [-0.05, 0) is 43.1 Å². The Morgan fingerprint density at radius 3 is 2.52 bits per heavy atom. The number of amides is 1. The second kappa shape index (κ2) is 8.62. The van der Waals surface area contributed by atoms with Crippen LogP contribution in [0.3, 0.4) is 0 Å². The Labute approximate surface area is 149 Å². The maximum Gasteiger partial charge on any atom is 0.252 e. The van der Waals surface area contributed by atoms with Crippen LogP contribution >= 0.6 is 0 Å². The Morgan fingerprint density at radius 2 is 1.80 bits per heavy atom. The quantitative estimate of drug-likeness (QED) is 0.849. The fourth-order valence-electron chi connectivity index (χ4n) is 3.35. The van der Waals surface area contributed by atoms with Crippen molar-refractivity contribution in [3.63, 3.8) is 0 Å². The lowest BCUT2D eigenvalue weighted by molar-refractivity contribution is 0.100. The summed E-state index contributed by atoms with van der Waals surface area (Å²) in [5.74, 6) is -0.464. The Balaban J connectivity index is 1.70. The van der Waals surface area contributed by atoms with Gasteiger partial charge >= 0.3 is 0 Å². The number of benzene rings is 1. The molecule has 1 aliphatic rings. The lowest BCUT2D eigenvalue weighted by atomic mass is 10.1. The molecule has 2 aromatic rings. The molecule has 1 aromatic heterocycles. The third kappa shape index (κ3) is 4.79. The highest BCUT2D eigenvalue weighted by Gasteiger charge is 2.12. The summed E-state index contributed by atoms with van der Waals surface area (Å²) in [5, 5.41) is 3.34. The highest BCUT2D eigenvalue weighted by Crippen LogP contribution is 2.19. The van der Waals surface area contributed by atoms with Crippen LogP contribution in [0.5, 0.6) is 0 Å². The number of anilines is 1. The van der Waals surface area contributed by atoms with Gasteiger partial charge in [-0.3, -0.25) is 14.7 Å². The van der Waals surface area contributed by atoms with Crippen molar-refractivity contribution in [3.05, 3.63) is 59.4 Å². The van der Waals surface area contributed by atoms with Crippen LogP contribution in [0.4, 0.5) is 5.69 Å². The molecule has 0 saturated carbocycles. The molecule has 1 saturated heterocycles. The predicted molar refractivity (Wildman–Crippen MR) is 100 cm³/mol. The third-order valence-electron chi connectivity index (χ3n) is 4.77. The number of nitrogens with two attached hydrogens (primary N) is 1. The van der Waals surface area contributed by atoms with Crippen molar-refractivity contribution < 1.29 is 4.79 Å². The first-order valence-electron chi connectivity index (χ1n) is 9.01. The average Bonchev–Trinajstić information content (AvgIpc) is 2.90. The molecule has 0 spiro atoms. The van der Waals surface area contributed by atoms with E-state index in [1.807, 2.05) is 0 Å². The zero-order chi connectivity index (χ0) is 17.5. The Kier molecular flexibility index (Phi) is 6.01. The summed E-state index contributed by atoms with van der Waals surface area (Å²) in [6, 6.07) is 10.3. The zero-order valence-corrected chi connectivity index (χ0v) is 14.6. The van der Waals surface area contributed by atoms with Crippen molar-refractivity contribution in [1.29, 1.82) is 0 Å². The molecule has 1 amide bonds. The number of primary amides is 1. The summed E-state index contributed by atoms with van der Waals surface area (Å²) in [6.45, 7) is 4.00. The first-order valence-corrected chi connectivity index (χ1v) is 9.01. The Morgan fingerprint density at radius 1 is 1.08 bits per heavy atom. The van der Waals surface area contributed by atoms with Crippen LogP contribution < -0.4 is 11.1 Å². The number of aromatic nitrogens is 1. The van der Waals surface area contributed by atoms with Gasteiger partial charge in [-0.1, -0.05) is 37.1 Å². The van der Waals surface area contributed by atoms with E-state index in [1.165, 1.54) is 56.1 Å². The molecule has 0 aliphatic carbocycles. The average molecular weight is 338 g/mol. The van der Waals surface area contributed by atoms with Gasteiger partial charge in [-0.25, -0.2) is 0 Å². The Hall–Kier alpha value is -2.40. The summed E-state index contributed by atoms with van der Waals surface area (Å²) in [6.07, 6.45) is 8.44. The van der Waals surface area contributed by atoms with Gasteiger partial charge in [0, 0.05) is 25.5 Å². The van der Waals surface area contributed by atoms with Crippen LogP contribution in [0.25, 0.3) is 0 Å². The zero-order valence-electron chi connectivity index (χ0n) is 14.6. The number of carbonyl (C=O) groups is 1. The molecule has 0 bridgehead atoms. The first-order chi connectivity index (χ1) is 12.2. The van der Waals surface area contributed by atoms with E-state index in [9.17, 15) is 4.79 Å². The van der Waals surface area contributed by atoms with Crippen molar-refractivity contribution in [1.82, 2.24) is 9.88 Å². The van der Waals surface area contributed by atoms with Crippen LogP contribution in [-0.2, 0) is 13.1 Å². The van der Waals surface area contributed by atoms with Crippen LogP contribution in [0.15, 0.2) is 42.7 Å². The molecule has 132 valence electrons. The highest BCUT2D eigenvalue weighted by molar-refractivity contribution is 5.98.